The third-order valence-electron chi connectivity index (χ3n) is 7.06. The summed E-state index contributed by atoms with van der Waals surface area (Å²) in [5, 5.41) is 1.13. The zero-order valence-corrected chi connectivity index (χ0v) is 22.1. The Morgan fingerprint density at radius 2 is 1.28 bits per heavy atom. The monoisotopic (exact) mass is 540 g/mol. The number of rotatable bonds is 13. The van der Waals surface area contributed by atoms with Crippen LogP contribution >= 0.6 is 0 Å². The molecule has 0 atom stereocenters. The summed E-state index contributed by atoms with van der Waals surface area (Å²) in [4.78, 5) is 0. The zero-order valence-electron chi connectivity index (χ0n) is 22.1. The Morgan fingerprint density at radius 3 is 2.03 bits per heavy atom. The highest BCUT2D eigenvalue weighted by atomic mass is 19.2. The Balaban J connectivity index is 1.37. The van der Waals surface area contributed by atoms with Crippen molar-refractivity contribution in [3.63, 3.8) is 0 Å². The van der Waals surface area contributed by atoms with E-state index < -0.39 is 23.3 Å². The lowest BCUT2D eigenvalue weighted by molar-refractivity contribution is 0.301. The van der Waals surface area contributed by atoms with Crippen molar-refractivity contribution in [2.24, 2.45) is 0 Å². The minimum atomic E-state index is -0.920. The molecule has 0 unspecified atom stereocenters. The van der Waals surface area contributed by atoms with Gasteiger partial charge in [-0.25, -0.2) is 22.0 Å². The molecule has 0 radical (unpaired) electrons. The molecule has 0 aliphatic carbocycles. The maximum absolute atomic E-state index is 15.2. The first-order chi connectivity index (χ1) is 18.9. The fraction of sp³-hybridized carbons (Fsp3) is 0.333. The summed E-state index contributed by atoms with van der Waals surface area (Å²) < 4.78 is 76.6. The largest absolute Gasteiger partial charge is 0.493 e. The highest BCUT2D eigenvalue weighted by Gasteiger charge is 2.14. The van der Waals surface area contributed by atoms with Crippen molar-refractivity contribution in [2.45, 2.75) is 64.7 Å². The summed E-state index contributed by atoms with van der Waals surface area (Å²) in [6.07, 6.45) is 6.60. The molecule has 0 aromatic heterocycles. The average molecular weight is 541 g/mol. The molecule has 1 nitrogen and oxygen atoms in total. The van der Waals surface area contributed by atoms with Crippen molar-refractivity contribution in [1.82, 2.24) is 0 Å². The van der Waals surface area contributed by atoms with Crippen LogP contribution < -0.4 is 4.74 Å². The minimum absolute atomic E-state index is 0.00384. The highest BCUT2D eigenvalue weighted by Crippen LogP contribution is 2.26. The highest BCUT2D eigenvalue weighted by molar-refractivity contribution is 5.84. The van der Waals surface area contributed by atoms with Gasteiger partial charge in [-0.3, -0.25) is 0 Å². The van der Waals surface area contributed by atoms with E-state index in [1.807, 2.05) is 6.07 Å². The maximum atomic E-state index is 15.2. The second-order valence-corrected chi connectivity index (χ2v) is 9.97. The van der Waals surface area contributed by atoms with Gasteiger partial charge in [-0.15, -0.1) is 0 Å². The fourth-order valence-electron chi connectivity index (χ4n) is 4.78. The number of aryl methyl sites for hydroxylation is 3. The number of ether oxygens (including phenoxy) is 1. The lowest BCUT2D eigenvalue weighted by Crippen LogP contribution is -2.03. The molecule has 0 amide bonds. The van der Waals surface area contributed by atoms with Crippen molar-refractivity contribution >= 4 is 10.8 Å². The van der Waals surface area contributed by atoms with Crippen molar-refractivity contribution in [3.8, 4) is 5.75 Å². The van der Waals surface area contributed by atoms with Gasteiger partial charge in [0.15, 0.2) is 11.6 Å². The van der Waals surface area contributed by atoms with Gasteiger partial charge in [0.2, 0.25) is 0 Å². The molecule has 0 bridgehead atoms. The van der Waals surface area contributed by atoms with Crippen molar-refractivity contribution in [1.29, 1.82) is 0 Å². The van der Waals surface area contributed by atoms with Gasteiger partial charge in [0, 0.05) is 23.1 Å². The second-order valence-electron chi connectivity index (χ2n) is 9.97. The quantitative estimate of drug-likeness (QED) is 0.121. The van der Waals surface area contributed by atoms with Gasteiger partial charge in [-0.2, -0.15) is 0 Å². The van der Waals surface area contributed by atoms with Crippen molar-refractivity contribution in [2.75, 3.05) is 6.61 Å². The summed E-state index contributed by atoms with van der Waals surface area (Å²) in [5.41, 5.74) is 1.91. The molecule has 0 saturated heterocycles. The number of fused-ring (bicyclic) bond motifs is 1. The van der Waals surface area contributed by atoms with E-state index in [1.54, 1.807) is 24.3 Å². The van der Waals surface area contributed by atoms with E-state index in [1.165, 1.54) is 24.6 Å². The number of benzene rings is 4. The Hall–Kier alpha value is -3.41. The lowest BCUT2D eigenvalue weighted by Gasteiger charge is -2.11. The van der Waals surface area contributed by atoms with Gasteiger partial charge in [-0.1, -0.05) is 69.0 Å². The van der Waals surface area contributed by atoms with Crippen LogP contribution in [0.1, 0.15) is 61.3 Å². The Morgan fingerprint density at radius 1 is 0.590 bits per heavy atom. The van der Waals surface area contributed by atoms with Crippen LogP contribution in [-0.4, -0.2) is 6.61 Å². The summed E-state index contributed by atoms with van der Waals surface area (Å²) in [5.74, 6) is -3.25. The van der Waals surface area contributed by atoms with Crippen molar-refractivity contribution in [3.05, 3.63) is 112 Å². The second kappa shape index (κ2) is 13.6. The number of unbranched alkanes of at least 4 members (excludes halogenated alkanes) is 4. The molecule has 6 heteroatoms. The Bertz CT molecular complexity index is 1390. The Labute approximate surface area is 226 Å². The van der Waals surface area contributed by atoms with Crippen molar-refractivity contribution < 1.29 is 26.7 Å². The van der Waals surface area contributed by atoms with Gasteiger partial charge in [0.05, 0.1) is 6.61 Å². The molecule has 0 heterocycles. The predicted molar refractivity (Wildman–Crippen MR) is 146 cm³/mol. The van der Waals surface area contributed by atoms with E-state index in [4.69, 9.17) is 4.74 Å². The van der Waals surface area contributed by atoms with Crippen LogP contribution in [0.4, 0.5) is 22.0 Å². The summed E-state index contributed by atoms with van der Waals surface area (Å²) in [6.45, 7) is 2.58. The average Bonchev–Trinajstić information content (AvgIpc) is 2.91. The molecule has 206 valence electrons. The van der Waals surface area contributed by atoms with Gasteiger partial charge in [0.1, 0.15) is 23.2 Å². The maximum Gasteiger partial charge on any atom is 0.159 e. The van der Waals surface area contributed by atoms with E-state index in [0.717, 1.165) is 43.4 Å². The molecule has 4 aromatic carbocycles. The van der Waals surface area contributed by atoms with Crippen LogP contribution in [0.5, 0.6) is 5.75 Å². The molecular weight excluding hydrogens is 507 g/mol. The molecule has 0 saturated carbocycles. The molecule has 0 aliphatic rings. The first kappa shape index (κ1) is 28.6. The van der Waals surface area contributed by atoms with Crippen LogP contribution in [0, 0.1) is 29.1 Å². The predicted octanol–water partition coefficient (Wildman–Crippen LogP) is 9.45. The van der Waals surface area contributed by atoms with E-state index in [0.29, 0.717) is 47.8 Å². The van der Waals surface area contributed by atoms with E-state index >= 15 is 4.39 Å². The first-order valence-electron chi connectivity index (χ1n) is 13.6. The summed E-state index contributed by atoms with van der Waals surface area (Å²) in [6, 6.07) is 14.9. The van der Waals surface area contributed by atoms with Crippen LogP contribution in [-0.2, 0) is 25.7 Å². The molecular formula is C33H33F5O. The van der Waals surface area contributed by atoms with Crippen LogP contribution in [0.3, 0.4) is 0 Å². The standard InChI is InChI=1S/C33H33F5O/c1-2-3-4-5-6-17-39-26-20-30(35)28(31(36)21-26)15-9-22-8-14-27-25(18-22)13-12-24(33(27)38)11-7-23-10-16-29(34)32(37)19-23/h8,10,12-14,16,18-21H,2-7,9,11,15,17H2,1H3. The fourth-order valence-corrected chi connectivity index (χ4v) is 4.78. The van der Waals surface area contributed by atoms with Crippen LogP contribution in [0.25, 0.3) is 10.8 Å². The lowest BCUT2D eigenvalue weighted by atomic mass is 9.97. The van der Waals surface area contributed by atoms with Crippen LogP contribution in [0.15, 0.2) is 60.7 Å². The Kier molecular flexibility index (Phi) is 9.96. The van der Waals surface area contributed by atoms with E-state index in [2.05, 4.69) is 6.92 Å². The molecule has 0 spiro atoms. The van der Waals surface area contributed by atoms with Gasteiger partial charge in [-0.05, 0) is 66.3 Å². The smallest absolute Gasteiger partial charge is 0.159 e. The molecule has 39 heavy (non-hydrogen) atoms. The first-order valence-corrected chi connectivity index (χ1v) is 13.6. The molecule has 0 N–H and O–H groups in total. The molecule has 4 aromatic rings. The topological polar surface area (TPSA) is 9.23 Å². The van der Waals surface area contributed by atoms with Gasteiger partial charge >= 0.3 is 0 Å². The number of halogens is 5. The third kappa shape index (κ3) is 7.59. The summed E-state index contributed by atoms with van der Waals surface area (Å²) in [7, 11) is 0. The molecule has 4 rings (SSSR count). The number of hydrogen-bond acceptors (Lipinski definition) is 1. The molecule has 0 aliphatic heterocycles. The third-order valence-corrected chi connectivity index (χ3v) is 7.06. The van der Waals surface area contributed by atoms with Gasteiger partial charge in [0.25, 0.3) is 0 Å². The SMILES string of the molecule is CCCCCCCOc1cc(F)c(CCc2ccc3c(F)c(CCc4ccc(F)c(F)c4)ccc3c2)c(F)c1. The normalized spacial score (nSPS) is 11.3. The number of hydrogen-bond donors (Lipinski definition) is 0. The van der Waals surface area contributed by atoms with Crippen LogP contribution in [0.2, 0.25) is 0 Å². The van der Waals surface area contributed by atoms with E-state index in [-0.39, 0.29) is 23.6 Å². The summed E-state index contributed by atoms with van der Waals surface area (Å²) >= 11 is 0. The molecule has 0 fully saturated rings. The van der Waals surface area contributed by atoms with E-state index in [9.17, 15) is 17.6 Å². The minimum Gasteiger partial charge on any atom is -0.493 e. The van der Waals surface area contributed by atoms with Gasteiger partial charge < -0.3 is 4.74 Å². The zero-order chi connectivity index (χ0) is 27.8.